The van der Waals surface area contributed by atoms with Crippen molar-refractivity contribution in [2.24, 2.45) is 5.10 Å². The number of nitrogens with zero attached hydrogens (tertiary/aromatic N) is 1. The molecular weight excluding hydrogens is 346 g/mol. The normalized spacial score (nSPS) is 10.5. The first kappa shape index (κ1) is 18.3. The monoisotopic (exact) mass is 361 g/mol. The van der Waals surface area contributed by atoms with Crippen molar-refractivity contribution in [1.82, 2.24) is 10.7 Å². The van der Waals surface area contributed by atoms with E-state index >= 15 is 0 Å². The summed E-state index contributed by atoms with van der Waals surface area (Å²) >= 11 is 5.91. The van der Waals surface area contributed by atoms with Gasteiger partial charge in [0.05, 0.1) is 30.5 Å². The molecule has 0 spiro atoms. The van der Waals surface area contributed by atoms with Crippen molar-refractivity contribution in [1.29, 1.82) is 0 Å². The second-order valence-electron chi connectivity index (χ2n) is 4.85. The van der Waals surface area contributed by atoms with Crippen molar-refractivity contribution < 1.29 is 19.4 Å². The Hall–Kier alpha value is -3.06. The lowest BCUT2D eigenvalue weighted by Gasteiger charge is -2.06. The van der Waals surface area contributed by atoms with E-state index in [0.717, 1.165) is 0 Å². The predicted molar refractivity (Wildman–Crippen MR) is 94.2 cm³/mol. The minimum atomic E-state index is -0.529. The molecule has 0 aliphatic rings. The molecule has 2 rings (SSSR count). The fraction of sp³-hybridized carbons (Fsp3) is 0.118. The average Bonchev–Trinajstić information content (AvgIpc) is 2.61. The van der Waals surface area contributed by atoms with Crippen molar-refractivity contribution >= 4 is 29.6 Å². The standard InChI is InChI=1S/C17H16ClN3O4/c1-25-14-8-4-5-11(16(14)23)9-20-21-15(22)10-19-17(24)12-6-2-3-7-13(12)18/h2-9,23H,10H2,1H3,(H,19,24)(H,21,22)/b20-9-. The molecule has 0 saturated heterocycles. The van der Waals surface area contributed by atoms with Gasteiger partial charge in [0, 0.05) is 5.56 Å². The molecule has 0 heterocycles. The summed E-state index contributed by atoms with van der Waals surface area (Å²) in [7, 11) is 1.43. The molecule has 130 valence electrons. The Kier molecular flexibility index (Phi) is 6.36. The van der Waals surface area contributed by atoms with Crippen LogP contribution in [0, 0.1) is 0 Å². The largest absolute Gasteiger partial charge is 0.504 e. The van der Waals surface area contributed by atoms with E-state index in [1.807, 2.05) is 0 Å². The maximum Gasteiger partial charge on any atom is 0.259 e. The molecule has 0 saturated carbocycles. The number of carbonyl (C=O) groups excluding carboxylic acids is 2. The van der Waals surface area contributed by atoms with Crippen LogP contribution in [0.2, 0.25) is 5.02 Å². The lowest BCUT2D eigenvalue weighted by atomic mass is 10.2. The maximum absolute atomic E-state index is 11.9. The summed E-state index contributed by atoms with van der Waals surface area (Å²) in [6.45, 7) is -0.272. The van der Waals surface area contributed by atoms with E-state index in [4.69, 9.17) is 16.3 Å². The molecule has 25 heavy (non-hydrogen) atoms. The van der Waals surface area contributed by atoms with Crippen LogP contribution in [0.4, 0.5) is 0 Å². The van der Waals surface area contributed by atoms with Gasteiger partial charge in [-0.15, -0.1) is 0 Å². The number of para-hydroxylation sites is 1. The van der Waals surface area contributed by atoms with Gasteiger partial charge < -0.3 is 15.2 Å². The van der Waals surface area contributed by atoms with Crippen molar-refractivity contribution in [3.8, 4) is 11.5 Å². The van der Waals surface area contributed by atoms with Crippen LogP contribution < -0.4 is 15.5 Å². The highest BCUT2D eigenvalue weighted by Gasteiger charge is 2.10. The Bertz CT molecular complexity index is 808. The topological polar surface area (TPSA) is 100 Å². The molecule has 2 amide bonds. The first-order valence-corrected chi connectivity index (χ1v) is 7.61. The first-order chi connectivity index (χ1) is 12.0. The molecule has 3 N–H and O–H groups in total. The van der Waals surface area contributed by atoms with E-state index in [1.165, 1.54) is 13.3 Å². The van der Waals surface area contributed by atoms with Crippen LogP contribution in [0.3, 0.4) is 0 Å². The summed E-state index contributed by atoms with van der Waals surface area (Å²) in [4.78, 5) is 23.6. The third-order valence-corrected chi connectivity index (χ3v) is 3.50. The molecule has 0 fully saturated rings. The lowest BCUT2D eigenvalue weighted by Crippen LogP contribution is -2.35. The molecule has 0 atom stereocenters. The maximum atomic E-state index is 11.9. The Labute approximate surface area is 149 Å². The van der Waals surface area contributed by atoms with Crippen LogP contribution in [0.5, 0.6) is 11.5 Å². The van der Waals surface area contributed by atoms with Gasteiger partial charge in [0.1, 0.15) is 0 Å². The number of methoxy groups -OCH3 is 1. The van der Waals surface area contributed by atoms with Gasteiger partial charge in [-0.3, -0.25) is 9.59 Å². The number of hydrazone groups is 1. The van der Waals surface area contributed by atoms with Gasteiger partial charge in [-0.1, -0.05) is 29.8 Å². The number of nitrogens with one attached hydrogen (secondary N) is 2. The van der Waals surface area contributed by atoms with Crippen molar-refractivity contribution in [2.75, 3.05) is 13.7 Å². The Morgan fingerprint density at radius 1 is 1.24 bits per heavy atom. The highest BCUT2D eigenvalue weighted by atomic mass is 35.5. The molecule has 0 unspecified atom stereocenters. The van der Waals surface area contributed by atoms with E-state index in [2.05, 4.69) is 15.8 Å². The minimum Gasteiger partial charge on any atom is -0.504 e. The highest BCUT2D eigenvalue weighted by Crippen LogP contribution is 2.27. The van der Waals surface area contributed by atoms with Gasteiger partial charge in [0.2, 0.25) is 0 Å². The zero-order valence-electron chi connectivity index (χ0n) is 13.3. The van der Waals surface area contributed by atoms with Gasteiger partial charge in [-0.25, -0.2) is 5.43 Å². The van der Waals surface area contributed by atoms with Gasteiger partial charge in [-0.05, 0) is 24.3 Å². The SMILES string of the molecule is COc1cccc(/C=N\NC(=O)CNC(=O)c2ccccc2Cl)c1O. The molecule has 7 nitrogen and oxygen atoms in total. The van der Waals surface area contributed by atoms with Crippen LogP contribution in [-0.2, 0) is 4.79 Å². The fourth-order valence-corrected chi connectivity index (χ4v) is 2.14. The number of rotatable bonds is 6. The van der Waals surface area contributed by atoms with Gasteiger partial charge in [-0.2, -0.15) is 5.10 Å². The summed E-state index contributed by atoms with van der Waals surface area (Å²) in [5.41, 5.74) is 2.90. The van der Waals surface area contributed by atoms with E-state index in [0.29, 0.717) is 16.3 Å². The van der Waals surface area contributed by atoms with Gasteiger partial charge in [0.15, 0.2) is 11.5 Å². The number of halogens is 1. The third-order valence-electron chi connectivity index (χ3n) is 3.17. The second kappa shape index (κ2) is 8.70. The summed E-state index contributed by atoms with van der Waals surface area (Å²) in [6, 6.07) is 11.4. The molecule has 0 bridgehead atoms. The number of hydrogen-bond donors (Lipinski definition) is 3. The van der Waals surface area contributed by atoms with E-state index in [1.54, 1.807) is 42.5 Å². The Balaban J connectivity index is 1.87. The zero-order valence-corrected chi connectivity index (χ0v) is 14.1. The minimum absolute atomic E-state index is 0.0879. The van der Waals surface area contributed by atoms with Crippen molar-refractivity contribution in [2.45, 2.75) is 0 Å². The number of benzene rings is 2. The number of ether oxygens (including phenoxy) is 1. The van der Waals surface area contributed by atoms with Crippen LogP contribution in [0.1, 0.15) is 15.9 Å². The van der Waals surface area contributed by atoms with Crippen LogP contribution >= 0.6 is 11.6 Å². The molecule has 0 aromatic heterocycles. The Morgan fingerprint density at radius 2 is 2.00 bits per heavy atom. The second-order valence-corrected chi connectivity index (χ2v) is 5.26. The highest BCUT2D eigenvalue weighted by molar-refractivity contribution is 6.33. The number of aromatic hydroxyl groups is 1. The molecule has 0 aliphatic heterocycles. The summed E-state index contributed by atoms with van der Waals surface area (Å²) in [5.74, 6) is -0.786. The van der Waals surface area contributed by atoms with Crippen molar-refractivity contribution in [3.63, 3.8) is 0 Å². The molecular formula is C17H16ClN3O4. The third kappa shape index (κ3) is 4.95. The number of phenolic OH excluding ortho intramolecular Hbond substituents is 1. The number of phenols is 1. The van der Waals surface area contributed by atoms with Gasteiger partial charge in [0.25, 0.3) is 11.8 Å². The predicted octanol–water partition coefficient (Wildman–Crippen LogP) is 1.93. The average molecular weight is 362 g/mol. The fourth-order valence-electron chi connectivity index (χ4n) is 1.92. The molecule has 0 aliphatic carbocycles. The van der Waals surface area contributed by atoms with Crippen LogP contribution in [-0.4, -0.2) is 36.8 Å². The molecule has 8 heteroatoms. The van der Waals surface area contributed by atoms with Crippen LogP contribution in [0.15, 0.2) is 47.6 Å². The molecule has 2 aromatic carbocycles. The first-order valence-electron chi connectivity index (χ1n) is 7.23. The molecule has 0 radical (unpaired) electrons. The quantitative estimate of drug-likeness (QED) is 0.540. The number of amides is 2. The number of hydrogen-bond acceptors (Lipinski definition) is 5. The van der Waals surface area contributed by atoms with Gasteiger partial charge >= 0.3 is 0 Å². The van der Waals surface area contributed by atoms with E-state index in [9.17, 15) is 14.7 Å². The summed E-state index contributed by atoms with van der Waals surface area (Å²) < 4.78 is 4.97. The van der Waals surface area contributed by atoms with Crippen LogP contribution in [0.25, 0.3) is 0 Å². The van der Waals surface area contributed by atoms with E-state index < -0.39 is 11.8 Å². The van der Waals surface area contributed by atoms with Crippen molar-refractivity contribution in [3.05, 3.63) is 58.6 Å². The lowest BCUT2D eigenvalue weighted by molar-refractivity contribution is -0.120. The van der Waals surface area contributed by atoms with E-state index in [-0.39, 0.29) is 17.9 Å². The summed E-state index contributed by atoms with van der Waals surface area (Å²) in [5, 5.41) is 16.3. The summed E-state index contributed by atoms with van der Waals surface area (Å²) in [6.07, 6.45) is 1.27. The number of carbonyl (C=O) groups is 2. The Morgan fingerprint density at radius 3 is 2.72 bits per heavy atom. The smallest absolute Gasteiger partial charge is 0.259 e. The zero-order chi connectivity index (χ0) is 18.2. The molecule has 2 aromatic rings.